The number of hydrogen-bond donors (Lipinski definition) is 3. The van der Waals surface area contributed by atoms with Gasteiger partial charge in [0.2, 0.25) is 0 Å². The Labute approximate surface area is 147 Å². The van der Waals surface area contributed by atoms with Crippen LogP contribution in [0.1, 0.15) is 23.2 Å². The lowest BCUT2D eigenvalue weighted by Crippen LogP contribution is -2.35. The van der Waals surface area contributed by atoms with Crippen LogP contribution >= 0.6 is 11.3 Å². The van der Waals surface area contributed by atoms with E-state index in [4.69, 9.17) is 0 Å². The van der Waals surface area contributed by atoms with Gasteiger partial charge in [0.15, 0.2) is 0 Å². The molecular weight excluding hydrogens is 323 g/mol. The normalized spacial score (nSPS) is 22.2. The Morgan fingerprint density at radius 2 is 2.08 bits per heavy atom. The van der Waals surface area contributed by atoms with Crippen LogP contribution in [0.15, 0.2) is 41.1 Å². The van der Waals surface area contributed by atoms with E-state index in [1.54, 1.807) is 11.3 Å². The van der Waals surface area contributed by atoms with Crippen molar-refractivity contribution in [2.24, 2.45) is 5.92 Å². The molecule has 1 aromatic carbocycles. The Kier molecular flexibility index (Phi) is 5.97. The molecule has 3 atom stereocenters. The lowest BCUT2D eigenvalue weighted by Gasteiger charge is -2.26. The highest BCUT2D eigenvalue weighted by Gasteiger charge is 2.28. The van der Waals surface area contributed by atoms with Crippen LogP contribution in [-0.2, 0) is 0 Å². The van der Waals surface area contributed by atoms with Crippen LogP contribution in [0.3, 0.4) is 0 Å². The first-order valence-corrected chi connectivity index (χ1v) is 9.22. The zero-order chi connectivity index (χ0) is 16.9. The van der Waals surface area contributed by atoms with Crippen molar-refractivity contribution in [1.29, 1.82) is 0 Å². The van der Waals surface area contributed by atoms with Crippen LogP contribution in [0.4, 0.5) is 4.39 Å². The Hall–Kier alpha value is -1.31. The average molecular weight is 348 g/mol. The van der Waals surface area contributed by atoms with Crippen molar-refractivity contribution in [1.82, 2.24) is 21.1 Å². The van der Waals surface area contributed by atoms with E-state index in [1.807, 2.05) is 12.1 Å². The van der Waals surface area contributed by atoms with Gasteiger partial charge < -0.3 is 10.2 Å². The zero-order valence-corrected chi connectivity index (χ0v) is 14.9. The van der Waals surface area contributed by atoms with Crippen LogP contribution in [-0.4, -0.2) is 38.6 Å². The number of nitrogens with zero attached hydrogens (tertiary/aromatic N) is 1. The maximum absolute atomic E-state index is 13.1. The topological polar surface area (TPSA) is 39.3 Å². The van der Waals surface area contributed by atoms with Gasteiger partial charge in [-0.15, -0.1) is 0 Å². The minimum absolute atomic E-state index is 0.191. The first kappa shape index (κ1) is 17.5. The van der Waals surface area contributed by atoms with Crippen LogP contribution in [0.25, 0.3) is 0 Å². The summed E-state index contributed by atoms with van der Waals surface area (Å²) in [7, 11) is 4.23. The molecule has 1 saturated heterocycles. The minimum atomic E-state index is -0.191. The molecule has 3 unspecified atom stereocenters. The third-order valence-electron chi connectivity index (χ3n) is 4.62. The first-order chi connectivity index (χ1) is 11.6. The highest BCUT2D eigenvalue weighted by atomic mass is 32.1. The van der Waals surface area contributed by atoms with Gasteiger partial charge in [-0.25, -0.2) is 9.82 Å². The molecule has 4 nitrogen and oxygen atoms in total. The van der Waals surface area contributed by atoms with Crippen LogP contribution < -0.4 is 16.2 Å². The highest BCUT2D eigenvalue weighted by Crippen LogP contribution is 2.25. The highest BCUT2D eigenvalue weighted by molar-refractivity contribution is 7.07. The van der Waals surface area contributed by atoms with Crippen molar-refractivity contribution < 1.29 is 4.39 Å². The molecule has 3 N–H and O–H groups in total. The molecule has 1 aliphatic rings. The van der Waals surface area contributed by atoms with E-state index in [0.29, 0.717) is 12.0 Å². The van der Waals surface area contributed by atoms with E-state index in [1.165, 1.54) is 17.7 Å². The third kappa shape index (κ3) is 4.20. The van der Waals surface area contributed by atoms with Crippen LogP contribution in [0, 0.1) is 11.7 Å². The first-order valence-electron chi connectivity index (χ1n) is 8.28. The maximum atomic E-state index is 13.1. The summed E-state index contributed by atoms with van der Waals surface area (Å²) in [6.45, 7) is 2.73. The van der Waals surface area contributed by atoms with Crippen molar-refractivity contribution in [2.45, 2.75) is 12.1 Å². The predicted molar refractivity (Wildman–Crippen MR) is 97.4 cm³/mol. The summed E-state index contributed by atoms with van der Waals surface area (Å²) in [4.78, 5) is 2.25. The molecule has 1 fully saturated rings. The van der Waals surface area contributed by atoms with Crippen LogP contribution in [0.2, 0.25) is 0 Å². The van der Waals surface area contributed by atoms with E-state index < -0.39 is 0 Å². The predicted octanol–water partition coefficient (Wildman–Crippen LogP) is 2.54. The number of halogens is 1. The summed E-state index contributed by atoms with van der Waals surface area (Å²) in [6.07, 6.45) is 0. The summed E-state index contributed by atoms with van der Waals surface area (Å²) in [5.74, 6) is 0.240. The zero-order valence-electron chi connectivity index (χ0n) is 14.1. The second-order valence-corrected chi connectivity index (χ2v) is 7.29. The average Bonchev–Trinajstić information content (AvgIpc) is 3.23. The fourth-order valence-electron chi connectivity index (χ4n) is 3.22. The van der Waals surface area contributed by atoms with Gasteiger partial charge in [-0.3, -0.25) is 5.43 Å². The van der Waals surface area contributed by atoms with Crippen LogP contribution in [0.5, 0.6) is 0 Å². The van der Waals surface area contributed by atoms with Crippen molar-refractivity contribution in [3.63, 3.8) is 0 Å². The van der Waals surface area contributed by atoms with E-state index >= 15 is 0 Å². The van der Waals surface area contributed by atoms with Gasteiger partial charge in [-0.05, 0) is 54.2 Å². The van der Waals surface area contributed by atoms with E-state index in [0.717, 1.165) is 25.2 Å². The number of likely N-dealkylation sites (N-methyl/N-ethyl adjacent to an activating group) is 1. The summed E-state index contributed by atoms with van der Waals surface area (Å²) in [6, 6.07) is 9.55. The van der Waals surface area contributed by atoms with Crippen molar-refractivity contribution in [3.05, 3.63) is 58.0 Å². The van der Waals surface area contributed by atoms with Gasteiger partial charge in [-0.1, -0.05) is 12.1 Å². The lowest BCUT2D eigenvalue weighted by atomic mass is 9.94. The summed E-state index contributed by atoms with van der Waals surface area (Å²) >= 11 is 1.74. The molecule has 130 valence electrons. The number of hydrazine groups is 1. The quantitative estimate of drug-likeness (QED) is 0.719. The van der Waals surface area contributed by atoms with Gasteiger partial charge in [0.25, 0.3) is 0 Å². The van der Waals surface area contributed by atoms with Crippen molar-refractivity contribution >= 4 is 11.3 Å². The second kappa shape index (κ2) is 8.18. The third-order valence-corrected chi connectivity index (χ3v) is 5.32. The lowest BCUT2D eigenvalue weighted by molar-refractivity contribution is 0.283. The van der Waals surface area contributed by atoms with Crippen molar-refractivity contribution in [2.75, 3.05) is 33.7 Å². The molecule has 0 spiro atoms. The maximum Gasteiger partial charge on any atom is 0.123 e. The molecule has 1 aliphatic heterocycles. The molecule has 6 heteroatoms. The van der Waals surface area contributed by atoms with E-state index in [-0.39, 0.29) is 11.9 Å². The molecular formula is C18H25FN4S. The van der Waals surface area contributed by atoms with Crippen molar-refractivity contribution in [3.8, 4) is 0 Å². The Balaban J connectivity index is 1.56. The minimum Gasteiger partial charge on any atom is -0.314 e. The van der Waals surface area contributed by atoms with Gasteiger partial charge in [-0.2, -0.15) is 11.3 Å². The van der Waals surface area contributed by atoms with E-state index in [2.05, 4.69) is 52.0 Å². The number of thiophene rings is 1. The molecule has 0 amide bonds. The molecule has 3 rings (SSSR count). The molecule has 2 aromatic rings. The standard InChI is InChI=1S/C18H25FN4S/c1-23(2)17(14-7-8-24-12-14)11-20-9-15-10-21-22-18(15)13-3-5-16(19)6-4-13/h3-8,12,15,17-18,20-22H,9-11H2,1-2H3. The number of rotatable bonds is 7. The second-order valence-electron chi connectivity index (χ2n) is 6.51. The smallest absolute Gasteiger partial charge is 0.123 e. The monoisotopic (exact) mass is 348 g/mol. The summed E-state index contributed by atoms with van der Waals surface area (Å²) < 4.78 is 13.1. The SMILES string of the molecule is CN(C)C(CNCC1CNNC1c1ccc(F)cc1)c1ccsc1. The largest absolute Gasteiger partial charge is 0.314 e. The number of nitrogens with one attached hydrogen (secondary N) is 3. The van der Waals surface area contributed by atoms with Gasteiger partial charge in [0, 0.05) is 31.6 Å². The van der Waals surface area contributed by atoms with Gasteiger partial charge in [0.05, 0.1) is 6.04 Å². The van der Waals surface area contributed by atoms with Gasteiger partial charge >= 0.3 is 0 Å². The Morgan fingerprint density at radius 1 is 1.29 bits per heavy atom. The molecule has 2 heterocycles. The summed E-state index contributed by atoms with van der Waals surface area (Å²) in [5.41, 5.74) is 9.02. The fraction of sp³-hybridized carbons (Fsp3) is 0.444. The molecule has 0 bridgehead atoms. The summed E-state index contributed by atoms with van der Waals surface area (Å²) in [5, 5.41) is 7.96. The molecule has 0 radical (unpaired) electrons. The van der Waals surface area contributed by atoms with Gasteiger partial charge in [0.1, 0.15) is 5.82 Å². The number of benzene rings is 1. The molecule has 1 aromatic heterocycles. The molecule has 24 heavy (non-hydrogen) atoms. The molecule has 0 aliphatic carbocycles. The van der Waals surface area contributed by atoms with E-state index in [9.17, 15) is 4.39 Å². The Bertz CT molecular complexity index is 614. The molecule has 0 saturated carbocycles. The Morgan fingerprint density at radius 3 is 2.75 bits per heavy atom. The fourth-order valence-corrected chi connectivity index (χ4v) is 3.93. The number of hydrogen-bond acceptors (Lipinski definition) is 5.